The van der Waals surface area contributed by atoms with E-state index in [4.69, 9.17) is 20.1 Å². The molecule has 0 aromatic heterocycles. The Balaban J connectivity index is 0.000000310. The maximum Gasteiger partial charge on any atom is 0.300 e. The van der Waals surface area contributed by atoms with Crippen molar-refractivity contribution in [2.24, 2.45) is 0 Å². The Bertz CT molecular complexity index is 249. The van der Waals surface area contributed by atoms with Crippen LogP contribution in [-0.2, 0) is 11.4 Å². The zero-order valence-corrected chi connectivity index (χ0v) is 7.27. The molecule has 0 unspecified atom stereocenters. The molecule has 0 aliphatic heterocycles. The molecule has 4 heteroatoms. The normalized spacial score (nSPS) is 8.46. The Morgan fingerprint density at radius 1 is 1.31 bits per heavy atom. The van der Waals surface area contributed by atoms with Gasteiger partial charge in [0.15, 0.2) is 0 Å². The quantitative estimate of drug-likeness (QED) is 0.607. The van der Waals surface area contributed by atoms with Crippen molar-refractivity contribution in [1.29, 1.82) is 0 Å². The average Bonchev–Trinajstić information content (AvgIpc) is 2.05. The Hall–Kier alpha value is -1.55. The fraction of sp³-hybridized carbons (Fsp3) is 0.222. The fourth-order valence-electron chi connectivity index (χ4n) is 0.601. The molecule has 0 aliphatic rings. The second-order valence-corrected chi connectivity index (χ2v) is 2.34. The van der Waals surface area contributed by atoms with Gasteiger partial charge in [-0.05, 0) is 17.7 Å². The minimum Gasteiger partial charge on any atom is -0.508 e. The predicted molar refractivity (Wildman–Crippen MR) is 47.3 cm³/mol. The van der Waals surface area contributed by atoms with E-state index < -0.39 is 5.97 Å². The molecule has 0 amide bonds. The summed E-state index contributed by atoms with van der Waals surface area (Å²) < 4.78 is 0. The molecule has 0 atom stereocenters. The summed E-state index contributed by atoms with van der Waals surface area (Å²) in [6.45, 7) is 1.11. The number of aliphatic carboxylic acids is 1. The van der Waals surface area contributed by atoms with E-state index in [1.807, 2.05) is 0 Å². The third-order valence-electron chi connectivity index (χ3n) is 1.12. The van der Waals surface area contributed by atoms with Gasteiger partial charge in [0.05, 0.1) is 6.61 Å². The van der Waals surface area contributed by atoms with Crippen LogP contribution in [0, 0.1) is 0 Å². The van der Waals surface area contributed by atoms with E-state index in [2.05, 4.69) is 0 Å². The molecule has 0 bridgehead atoms. The minimum atomic E-state index is -0.833. The highest BCUT2D eigenvalue weighted by Gasteiger charge is 1.87. The lowest BCUT2D eigenvalue weighted by Crippen LogP contribution is -1.78. The van der Waals surface area contributed by atoms with Gasteiger partial charge in [0.1, 0.15) is 5.75 Å². The number of benzene rings is 1. The van der Waals surface area contributed by atoms with Crippen molar-refractivity contribution in [3.63, 3.8) is 0 Å². The van der Waals surface area contributed by atoms with Crippen molar-refractivity contribution < 1.29 is 20.1 Å². The van der Waals surface area contributed by atoms with E-state index in [0.29, 0.717) is 0 Å². The molecule has 0 aliphatic carbocycles. The number of phenolic OH excluding ortho intramolecular Hbond substituents is 1. The molecule has 1 rings (SSSR count). The highest BCUT2D eigenvalue weighted by Crippen LogP contribution is 2.08. The molecule has 3 N–H and O–H groups in total. The third-order valence-corrected chi connectivity index (χ3v) is 1.12. The van der Waals surface area contributed by atoms with Crippen LogP contribution in [0.25, 0.3) is 0 Å². The Labute approximate surface area is 76.1 Å². The van der Waals surface area contributed by atoms with Crippen molar-refractivity contribution in [2.45, 2.75) is 13.5 Å². The Morgan fingerprint density at radius 2 is 1.69 bits per heavy atom. The second-order valence-electron chi connectivity index (χ2n) is 2.34. The third kappa shape index (κ3) is 6.83. The number of carboxylic acid groups (broad SMARTS) is 1. The lowest BCUT2D eigenvalue weighted by Gasteiger charge is -1.93. The van der Waals surface area contributed by atoms with Gasteiger partial charge in [0.2, 0.25) is 0 Å². The summed E-state index contributed by atoms with van der Waals surface area (Å²) in [6, 6.07) is 6.45. The molecule has 72 valence electrons. The first-order valence-electron chi connectivity index (χ1n) is 3.64. The molecular weight excluding hydrogens is 172 g/mol. The topological polar surface area (TPSA) is 77.8 Å². The van der Waals surface area contributed by atoms with E-state index in [1.54, 1.807) is 24.3 Å². The highest BCUT2D eigenvalue weighted by molar-refractivity contribution is 5.62. The van der Waals surface area contributed by atoms with Crippen molar-refractivity contribution in [3.05, 3.63) is 29.8 Å². The SMILES string of the molecule is CC(=O)O.OCc1ccc(O)cc1. The number of phenols is 1. The molecule has 0 saturated heterocycles. The largest absolute Gasteiger partial charge is 0.508 e. The predicted octanol–water partition coefficient (Wildman–Crippen LogP) is 0.975. The number of aliphatic hydroxyl groups is 1. The maximum atomic E-state index is 9.00. The van der Waals surface area contributed by atoms with Crippen LogP contribution in [-0.4, -0.2) is 21.3 Å². The lowest BCUT2D eigenvalue weighted by atomic mass is 10.2. The first kappa shape index (κ1) is 11.4. The van der Waals surface area contributed by atoms with Crippen molar-refractivity contribution in [1.82, 2.24) is 0 Å². The van der Waals surface area contributed by atoms with E-state index >= 15 is 0 Å². The summed E-state index contributed by atoms with van der Waals surface area (Å²) in [7, 11) is 0. The van der Waals surface area contributed by atoms with Crippen molar-refractivity contribution in [2.75, 3.05) is 0 Å². The zero-order chi connectivity index (χ0) is 10.3. The summed E-state index contributed by atoms with van der Waals surface area (Å²) in [5.74, 6) is -0.604. The standard InChI is InChI=1S/C7H8O2.C2H4O2/c8-5-6-1-3-7(9)4-2-6;1-2(3)4/h1-4,8-9H,5H2;1H3,(H,3,4). The number of carbonyl (C=O) groups is 1. The van der Waals surface area contributed by atoms with Crippen molar-refractivity contribution in [3.8, 4) is 5.75 Å². The second kappa shape index (κ2) is 6.02. The number of aliphatic hydroxyl groups excluding tert-OH is 1. The van der Waals surface area contributed by atoms with E-state index in [0.717, 1.165) is 12.5 Å². The molecule has 0 fully saturated rings. The van der Waals surface area contributed by atoms with E-state index in [9.17, 15) is 0 Å². The fourth-order valence-corrected chi connectivity index (χ4v) is 0.601. The maximum absolute atomic E-state index is 9.00. The van der Waals surface area contributed by atoms with E-state index in [-0.39, 0.29) is 12.4 Å². The summed E-state index contributed by atoms with van der Waals surface area (Å²) in [4.78, 5) is 9.00. The van der Waals surface area contributed by atoms with Crippen molar-refractivity contribution >= 4 is 5.97 Å². The molecule has 4 nitrogen and oxygen atoms in total. The summed E-state index contributed by atoms with van der Waals surface area (Å²) in [5, 5.41) is 24.7. The van der Waals surface area contributed by atoms with Gasteiger partial charge in [0, 0.05) is 6.92 Å². The van der Waals surface area contributed by atoms with Crippen LogP contribution in [0.2, 0.25) is 0 Å². The zero-order valence-electron chi connectivity index (χ0n) is 7.27. The molecule has 0 spiro atoms. The number of carboxylic acids is 1. The average molecular weight is 184 g/mol. The first-order chi connectivity index (χ1) is 6.06. The van der Waals surface area contributed by atoms with Gasteiger partial charge >= 0.3 is 0 Å². The van der Waals surface area contributed by atoms with Gasteiger partial charge in [-0.2, -0.15) is 0 Å². The molecule has 0 radical (unpaired) electrons. The van der Waals surface area contributed by atoms with Gasteiger partial charge < -0.3 is 15.3 Å². The summed E-state index contributed by atoms with van der Waals surface area (Å²) >= 11 is 0. The molecule has 0 heterocycles. The Kier molecular flexibility index (Phi) is 5.30. The molecule has 1 aromatic carbocycles. The molecule has 13 heavy (non-hydrogen) atoms. The summed E-state index contributed by atoms with van der Waals surface area (Å²) in [5.41, 5.74) is 0.813. The number of hydrogen-bond acceptors (Lipinski definition) is 3. The van der Waals surface area contributed by atoms with Gasteiger partial charge in [-0.15, -0.1) is 0 Å². The van der Waals surface area contributed by atoms with Crippen LogP contribution < -0.4 is 0 Å². The summed E-state index contributed by atoms with van der Waals surface area (Å²) in [6.07, 6.45) is 0. The molecular formula is C9H12O4. The van der Waals surface area contributed by atoms with Crippen LogP contribution in [0.5, 0.6) is 5.75 Å². The molecule has 1 aromatic rings. The van der Waals surface area contributed by atoms with Crippen LogP contribution in [0.3, 0.4) is 0 Å². The van der Waals surface area contributed by atoms with E-state index in [1.165, 1.54) is 0 Å². The minimum absolute atomic E-state index is 0.0281. The van der Waals surface area contributed by atoms with Gasteiger partial charge in [-0.3, -0.25) is 4.79 Å². The van der Waals surface area contributed by atoms with Gasteiger partial charge in [-0.25, -0.2) is 0 Å². The Morgan fingerprint density at radius 3 is 2.00 bits per heavy atom. The van der Waals surface area contributed by atoms with Gasteiger partial charge in [0.25, 0.3) is 5.97 Å². The van der Waals surface area contributed by atoms with Crippen LogP contribution in [0.1, 0.15) is 12.5 Å². The number of rotatable bonds is 1. The first-order valence-corrected chi connectivity index (χ1v) is 3.64. The lowest BCUT2D eigenvalue weighted by molar-refractivity contribution is -0.134. The number of aromatic hydroxyl groups is 1. The molecule has 0 saturated carbocycles. The smallest absolute Gasteiger partial charge is 0.300 e. The van der Waals surface area contributed by atoms with Gasteiger partial charge in [-0.1, -0.05) is 12.1 Å². The van der Waals surface area contributed by atoms with Crippen LogP contribution >= 0.6 is 0 Å². The number of hydrogen-bond donors (Lipinski definition) is 3. The highest BCUT2D eigenvalue weighted by atomic mass is 16.4. The monoisotopic (exact) mass is 184 g/mol. The van der Waals surface area contributed by atoms with Crippen LogP contribution in [0.15, 0.2) is 24.3 Å². The van der Waals surface area contributed by atoms with Crippen LogP contribution in [0.4, 0.5) is 0 Å².